The summed E-state index contributed by atoms with van der Waals surface area (Å²) in [6.07, 6.45) is 1.48. The molecule has 1 fully saturated rings. The molecule has 0 N–H and O–H groups in total. The first kappa shape index (κ1) is 19.5. The molecule has 3 rings (SSSR count). The van der Waals surface area contributed by atoms with Crippen molar-refractivity contribution in [3.05, 3.63) is 41.1 Å². The van der Waals surface area contributed by atoms with Gasteiger partial charge in [0.15, 0.2) is 0 Å². The Hall–Kier alpha value is -2.26. The molecule has 2 heterocycles. The zero-order valence-electron chi connectivity index (χ0n) is 16.0. The van der Waals surface area contributed by atoms with Gasteiger partial charge in [-0.1, -0.05) is 6.07 Å². The number of piperidine rings is 1. The lowest BCUT2D eigenvalue weighted by Crippen LogP contribution is -2.38. The van der Waals surface area contributed by atoms with E-state index >= 15 is 0 Å². The maximum Gasteiger partial charge on any atom is 0.253 e. The molecule has 0 aliphatic carbocycles. The molecule has 9 heteroatoms. The summed E-state index contributed by atoms with van der Waals surface area (Å²) in [7, 11) is -0.643. The third-order valence-electron chi connectivity index (χ3n) is 4.87. The van der Waals surface area contributed by atoms with E-state index in [1.165, 1.54) is 20.2 Å². The topological polar surface area (TPSA) is 96.6 Å². The van der Waals surface area contributed by atoms with E-state index in [1.54, 1.807) is 30.9 Å². The number of hydrogen-bond acceptors (Lipinski definition) is 6. The van der Waals surface area contributed by atoms with Crippen molar-refractivity contribution in [1.82, 2.24) is 19.4 Å². The van der Waals surface area contributed by atoms with Crippen molar-refractivity contribution in [2.24, 2.45) is 0 Å². The van der Waals surface area contributed by atoms with Crippen LogP contribution in [-0.4, -0.2) is 60.9 Å². The molecule has 1 aliphatic rings. The quantitative estimate of drug-likeness (QED) is 0.789. The summed E-state index contributed by atoms with van der Waals surface area (Å²) in [5.74, 6) is 1.15. The highest BCUT2D eigenvalue weighted by atomic mass is 32.2. The van der Waals surface area contributed by atoms with E-state index in [0.29, 0.717) is 36.0 Å². The Morgan fingerprint density at radius 1 is 1.19 bits per heavy atom. The molecular weight excluding hydrogens is 368 g/mol. The average molecular weight is 392 g/mol. The molecule has 2 aromatic rings. The first-order valence-corrected chi connectivity index (χ1v) is 10.3. The van der Waals surface area contributed by atoms with Crippen molar-refractivity contribution < 1.29 is 17.6 Å². The monoisotopic (exact) mass is 392 g/mol. The van der Waals surface area contributed by atoms with Crippen LogP contribution in [0.25, 0.3) is 0 Å². The van der Waals surface area contributed by atoms with Gasteiger partial charge in [0.25, 0.3) is 5.91 Å². The molecule has 27 heavy (non-hydrogen) atoms. The van der Waals surface area contributed by atoms with Gasteiger partial charge in [-0.15, -0.1) is 10.2 Å². The van der Waals surface area contributed by atoms with Crippen LogP contribution in [0.1, 0.15) is 46.5 Å². The van der Waals surface area contributed by atoms with Gasteiger partial charge in [0.05, 0.1) is 4.90 Å². The first-order valence-electron chi connectivity index (χ1n) is 8.82. The molecular formula is C18H24N4O4S. The van der Waals surface area contributed by atoms with Crippen molar-refractivity contribution in [1.29, 1.82) is 0 Å². The SMILES string of the molecule is Cc1nnc(C2CCN(C(=O)c3ccc(C)c(S(=O)(=O)N(C)C)c3)CC2)o1. The van der Waals surface area contributed by atoms with Crippen LogP contribution in [0.15, 0.2) is 27.5 Å². The minimum atomic E-state index is -3.60. The van der Waals surface area contributed by atoms with Crippen molar-refractivity contribution >= 4 is 15.9 Å². The number of aromatic nitrogens is 2. The van der Waals surface area contributed by atoms with Gasteiger partial charge < -0.3 is 9.32 Å². The van der Waals surface area contributed by atoms with E-state index in [2.05, 4.69) is 10.2 Å². The van der Waals surface area contributed by atoms with Gasteiger partial charge in [0.1, 0.15) is 0 Å². The number of benzene rings is 1. The van der Waals surface area contributed by atoms with Gasteiger partial charge in [0, 0.05) is 45.6 Å². The van der Waals surface area contributed by atoms with Crippen LogP contribution in [0.2, 0.25) is 0 Å². The second kappa shape index (κ2) is 7.40. The van der Waals surface area contributed by atoms with Crippen LogP contribution >= 0.6 is 0 Å². The fraction of sp³-hybridized carbons (Fsp3) is 0.500. The van der Waals surface area contributed by atoms with E-state index in [9.17, 15) is 13.2 Å². The van der Waals surface area contributed by atoms with E-state index in [1.807, 2.05) is 0 Å². The molecule has 0 bridgehead atoms. The number of nitrogens with zero attached hydrogens (tertiary/aromatic N) is 4. The molecule has 1 saturated heterocycles. The van der Waals surface area contributed by atoms with Gasteiger partial charge in [-0.25, -0.2) is 12.7 Å². The first-order chi connectivity index (χ1) is 12.7. The molecule has 1 amide bonds. The minimum Gasteiger partial charge on any atom is -0.425 e. The number of hydrogen-bond donors (Lipinski definition) is 0. The Morgan fingerprint density at radius 2 is 1.85 bits per heavy atom. The number of rotatable bonds is 4. The predicted molar refractivity (Wildman–Crippen MR) is 99.0 cm³/mol. The van der Waals surface area contributed by atoms with Crippen molar-refractivity contribution in [2.75, 3.05) is 27.2 Å². The standard InChI is InChI=1S/C18H24N4O4S/c1-12-5-6-15(11-16(12)27(24,25)21(3)4)18(23)22-9-7-14(8-10-22)17-20-19-13(2)26-17/h5-6,11,14H,7-10H2,1-4H3. The zero-order chi connectivity index (χ0) is 19.8. The molecule has 0 spiro atoms. The molecule has 1 aromatic heterocycles. The van der Waals surface area contributed by atoms with E-state index < -0.39 is 10.0 Å². The zero-order valence-corrected chi connectivity index (χ0v) is 16.8. The molecule has 0 unspecified atom stereocenters. The van der Waals surface area contributed by atoms with Crippen molar-refractivity contribution in [3.63, 3.8) is 0 Å². The highest BCUT2D eigenvalue weighted by Gasteiger charge is 2.28. The van der Waals surface area contributed by atoms with Gasteiger partial charge in [-0.2, -0.15) is 0 Å². The number of sulfonamides is 1. The van der Waals surface area contributed by atoms with E-state index in [4.69, 9.17) is 4.42 Å². The second-order valence-corrected chi connectivity index (χ2v) is 9.11. The number of likely N-dealkylation sites (tertiary alicyclic amines) is 1. The molecule has 1 aliphatic heterocycles. The number of amides is 1. The molecule has 0 atom stereocenters. The highest BCUT2D eigenvalue weighted by molar-refractivity contribution is 7.89. The average Bonchev–Trinajstić information content (AvgIpc) is 3.08. The van der Waals surface area contributed by atoms with Crippen LogP contribution in [0, 0.1) is 13.8 Å². The summed E-state index contributed by atoms with van der Waals surface area (Å²) in [6.45, 7) is 4.61. The van der Waals surface area contributed by atoms with Gasteiger partial charge >= 0.3 is 0 Å². The third kappa shape index (κ3) is 3.89. The van der Waals surface area contributed by atoms with Crippen LogP contribution in [0.5, 0.6) is 0 Å². The highest BCUT2D eigenvalue weighted by Crippen LogP contribution is 2.28. The van der Waals surface area contributed by atoms with E-state index in [-0.39, 0.29) is 16.7 Å². The largest absolute Gasteiger partial charge is 0.425 e. The number of carbonyl (C=O) groups is 1. The molecule has 0 radical (unpaired) electrons. The fourth-order valence-corrected chi connectivity index (χ4v) is 4.34. The summed E-state index contributed by atoms with van der Waals surface area (Å²) < 4.78 is 31.6. The van der Waals surface area contributed by atoms with Crippen LogP contribution < -0.4 is 0 Å². The van der Waals surface area contributed by atoms with Crippen LogP contribution in [0.4, 0.5) is 0 Å². The summed E-state index contributed by atoms with van der Waals surface area (Å²) >= 11 is 0. The Balaban J connectivity index is 1.75. The maximum atomic E-state index is 12.9. The van der Waals surface area contributed by atoms with Crippen molar-refractivity contribution in [3.8, 4) is 0 Å². The molecule has 0 saturated carbocycles. The predicted octanol–water partition coefficient (Wildman–Crippen LogP) is 1.96. The Bertz CT molecular complexity index is 944. The summed E-state index contributed by atoms with van der Waals surface area (Å²) in [6, 6.07) is 4.83. The lowest BCUT2D eigenvalue weighted by molar-refractivity contribution is 0.0705. The number of carbonyl (C=O) groups excluding carboxylic acids is 1. The minimum absolute atomic E-state index is 0.151. The van der Waals surface area contributed by atoms with Gasteiger partial charge in [0.2, 0.25) is 21.8 Å². The summed E-state index contributed by atoms with van der Waals surface area (Å²) in [5.41, 5.74) is 0.999. The Labute approximate surface area is 159 Å². The lowest BCUT2D eigenvalue weighted by Gasteiger charge is -2.30. The Morgan fingerprint density at radius 3 is 2.41 bits per heavy atom. The normalized spacial score (nSPS) is 16.1. The van der Waals surface area contributed by atoms with E-state index in [0.717, 1.165) is 17.1 Å². The van der Waals surface area contributed by atoms with Gasteiger partial charge in [-0.3, -0.25) is 4.79 Å². The summed E-state index contributed by atoms with van der Waals surface area (Å²) in [4.78, 5) is 14.8. The smallest absolute Gasteiger partial charge is 0.253 e. The van der Waals surface area contributed by atoms with Crippen LogP contribution in [-0.2, 0) is 10.0 Å². The molecule has 146 valence electrons. The number of aryl methyl sites for hydroxylation is 2. The van der Waals surface area contributed by atoms with Crippen molar-refractivity contribution in [2.45, 2.75) is 37.5 Å². The Kier molecular flexibility index (Phi) is 5.34. The lowest BCUT2D eigenvalue weighted by atomic mass is 9.96. The third-order valence-corrected chi connectivity index (χ3v) is 6.82. The second-order valence-electron chi connectivity index (χ2n) is 6.99. The summed E-state index contributed by atoms with van der Waals surface area (Å²) in [5, 5.41) is 7.93. The molecule has 8 nitrogen and oxygen atoms in total. The maximum absolute atomic E-state index is 12.9. The van der Waals surface area contributed by atoms with Crippen LogP contribution in [0.3, 0.4) is 0 Å². The molecule has 1 aromatic carbocycles. The fourth-order valence-electron chi connectivity index (χ4n) is 3.20. The van der Waals surface area contributed by atoms with Gasteiger partial charge in [-0.05, 0) is 37.5 Å².